The summed E-state index contributed by atoms with van der Waals surface area (Å²) >= 11 is 0. The summed E-state index contributed by atoms with van der Waals surface area (Å²) in [6.45, 7) is 7.68. The van der Waals surface area contributed by atoms with Gasteiger partial charge in [-0.1, -0.05) is 13.8 Å². The van der Waals surface area contributed by atoms with Crippen molar-refractivity contribution in [3.8, 4) is 0 Å². The molecule has 0 aromatic rings. The van der Waals surface area contributed by atoms with Crippen molar-refractivity contribution in [1.29, 1.82) is 0 Å². The van der Waals surface area contributed by atoms with Crippen molar-refractivity contribution in [3.05, 3.63) is 0 Å². The van der Waals surface area contributed by atoms with Crippen LogP contribution in [0.2, 0.25) is 0 Å². The van der Waals surface area contributed by atoms with Crippen LogP contribution in [0.5, 0.6) is 0 Å². The summed E-state index contributed by atoms with van der Waals surface area (Å²) in [5, 5.41) is 3.30. The van der Waals surface area contributed by atoms with Crippen LogP contribution in [-0.2, 0) is 9.53 Å². The quantitative estimate of drug-likeness (QED) is 0.763. The van der Waals surface area contributed by atoms with Gasteiger partial charge in [0.25, 0.3) is 0 Å². The number of hydrogen-bond donors (Lipinski definition) is 1. The average molecular weight is 226 g/mol. The highest BCUT2D eigenvalue weighted by Gasteiger charge is 2.38. The first-order valence-electron chi connectivity index (χ1n) is 6.25. The van der Waals surface area contributed by atoms with Gasteiger partial charge in [0.15, 0.2) is 0 Å². The zero-order valence-corrected chi connectivity index (χ0v) is 10.4. The fourth-order valence-corrected chi connectivity index (χ4v) is 2.75. The summed E-state index contributed by atoms with van der Waals surface area (Å²) < 4.78 is 5.54. The fraction of sp³-hybridized carbons (Fsp3) is 0.917. The molecule has 16 heavy (non-hydrogen) atoms. The van der Waals surface area contributed by atoms with Crippen LogP contribution in [-0.4, -0.2) is 42.3 Å². The van der Waals surface area contributed by atoms with Gasteiger partial charge in [0, 0.05) is 12.6 Å². The molecule has 4 heteroatoms. The lowest BCUT2D eigenvalue weighted by Crippen LogP contribution is -2.50. The highest BCUT2D eigenvalue weighted by molar-refractivity contribution is 5.81. The van der Waals surface area contributed by atoms with Crippen LogP contribution in [0.15, 0.2) is 0 Å². The monoisotopic (exact) mass is 226 g/mol. The van der Waals surface area contributed by atoms with Gasteiger partial charge in [-0.15, -0.1) is 0 Å². The van der Waals surface area contributed by atoms with E-state index in [1.165, 1.54) is 0 Å². The minimum Gasteiger partial charge on any atom is -0.378 e. The van der Waals surface area contributed by atoms with Crippen molar-refractivity contribution < 1.29 is 9.53 Å². The summed E-state index contributed by atoms with van der Waals surface area (Å²) in [6, 6.07) is 0.360. The second kappa shape index (κ2) is 4.72. The van der Waals surface area contributed by atoms with Gasteiger partial charge in [-0.3, -0.25) is 10.1 Å². The van der Waals surface area contributed by atoms with Crippen molar-refractivity contribution in [1.82, 2.24) is 10.2 Å². The van der Waals surface area contributed by atoms with Gasteiger partial charge in [-0.2, -0.15) is 0 Å². The van der Waals surface area contributed by atoms with E-state index in [1.54, 1.807) is 0 Å². The van der Waals surface area contributed by atoms with Crippen LogP contribution < -0.4 is 5.32 Å². The van der Waals surface area contributed by atoms with E-state index in [0.717, 1.165) is 19.4 Å². The summed E-state index contributed by atoms with van der Waals surface area (Å²) in [5.74, 6) is 0.711. The topological polar surface area (TPSA) is 41.6 Å². The van der Waals surface area contributed by atoms with Crippen molar-refractivity contribution in [2.75, 3.05) is 13.2 Å². The molecule has 2 aliphatic rings. The average Bonchev–Trinajstić information content (AvgIpc) is 2.60. The maximum absolute atomic E-state index is 11.9. The van der Waals surface area contributed by atoms with Gasteiger partial charge in [0.1, 0.15) is 0 Å². The molecule has 2 rings (SSSR count). The Morgan fingerprint density at radius 2 is 2.25 bits per heavy atom. The Kier molecular flexibility index (Phi) is 3.50. The molecule has 0 spiro atoms. The van der Waals surface area contributed by atoms with Crippen molar-refractivity contribution >= 4 is 5.91 Å². The molecule has 2 heterocycles. The van der Waals surface area contributed by atoms with Crippen LogP contribution in [0.1, 0.15) is 33.6 Å². The first kappa shape index (κ1) is 11.9. The number of nitrogens with one attached hydrogen (secondary N) is 1. The molecule has 2 aliphatic heterocycles. The zero-order valence-electron chi connectivity index (χ0n) is 10.4. The van der Waals surface area contributed by atoms with Crippen molar-refractivity contribution in [3.63, 3.8) is 0 Å². The molecule has 3 unspecified atom stereocenters. The largest absolute Gasteiger partial charge is 0.378 e. The van der Waals surface area contributed by atoms with Crippen LogP contribution in [0.25, 0.3) is 0 Å². The maximum Gasteiger partial charge on any atom is 0.238 e. The van der Waals surface area contributed by atoms with Crippen LogP contribution in [0, 0.1) is 5.92 Å². The number of hydrogen-bond acceptors (Lipinski definition) is 3. The SMILES string of the molecule is CC1CC(N2C(=O)CNC2C(C)C)CCO1. The smallest absolute Gasteiger partial charge is 0.238 e. The molecule has 0 bridgehead atoms. The van der Waals surface area contributed by atoms with E-state index < -0.39 is 0 Å². The predicted molar refractivity (Wildman–Crippen MR) is 61.9 cm³/mol. The Balaban J connectivity index is 2.07. The van der Waals surface area contributed by atoms with Gasteiger partial charge < -0.3 is 9.64 Å². The van der Waals surface area contributed by atoms with Crippen LogP contribution in [0.3, 0.4) is 0 Å². The van der Waals surface area contributed by atoms with Crippen molar-refractivity contribution in [2.24, 2.45) is 5.92 Å². The van der Waals surface area contributed by atoms with Gasteiger partial charge in [0.2, 0.25) is 5.91 Å². The highest BCUT2D eigenvalue weighted by Crippen LogP contribution is 2.25. The molecule has 0 saturated carbocycles. The summed E-state index contributed by atoms with van der Waals surface area (Å²) in [5.41, 5.74) is 0. The second-order valence-corrected chi connectivity index (χ2v) is 5.23. The Bertz CT molecular complexity index is 268. The molecule has 4 nitrogen and oxygen atoms in total. The Morgan fingerprint density at radius 3 is 2.88 bits per heavy atom. The molecule has 3 atom stereocenters. The van der Waals surface area contributed by atoms with Gasteiger partial charge in [0.05, 0.1) is 18.8 Å². The van der Waals surface area contributed by atoms with E-state index in [2.05, 4.69) is 31.0 Å². The number of amides is 1. The normalized spacial score (nSPS) is 36.1. The lowest BCUT2D eigenvalue weighted by molar-refractivity contribution is -0.134. The standard InChI is InChI=1S/C12H22N2O2/c1-8(2)12-13-7-11(15)14(12)10-4-5-16-9(3)6-10/h8-10,12-13H,4-7H2,1-3H3. The number of carbonyl (C=O) groups is 1. The zero-order chi connectivity index (χ0) is 11.7. The summed E-state index contributed by atoms with van der Waals surface area (Å²) in [6.07, 6.45) is 2.43. The molecule has 2 saturated heterocycles. The van der Waals surface area contributed by atoms with Gasteiger partial charge in [-0.25, -0.2) is 0 Å². The Morgan fingerprint density at radius 1 is 1.50 bits per heavy atom. The summed E-state index contributed by atoms with van der Waals surface area (Å²) in [4.78, 5) is 14.0. The first-order chi connectivity index (χ1) is 7.59. The molecular weight excluding hydrogens is 204 g/mol. The summed E-state index contributed by atoms with van der Waals surface area (Å²) in [7, 11) is 0. The second-order valence-electron chi connectivity index (χ2n) is 5.23. The van der Waals surface area contributed by atoms with E-state index in [4.69, 9.17) is 4.74 Å². The van der Waals surface area contributed by atoms with E-state index in [9.17, 15) is 4.79 Å². The van der Waals surface area contributed by atoms with Gasteiger partial charge >= 0.3 is 0 Å². The molecular formula is C12H22N2O2. The third-order valence-corrected chi connectivity index (χ3v) is 3.53. The molecule has 92 valence electrons. The lowest BCUT2D eigenvalue weighted by atomic mass is 10.00. The lowest BCUT2D eigenvalue weighted by Gasteiger charge is -2.38. The maximum atomic E-state index is 11.9. The van der Waals surface area contributed by atoms with Crippen LogP contribution in [0.4, 0.5) is 0 Å². The first-order valence-corrected chi connectivity index (χ1v) is 6.25. The highest BCUT2D eigenvalue weighted by atomic mass is 16.5. The Labute approximate surface area is 97.3 Å². The predicted octanol–water partition coefficient (Wildman–Crippen LogP) is 0.968. The molecule has 2 fully saturated rings. The minimum atomic E-state index is 0.211. The molecule has 1 amide bonds. The fourth-order valence-electron chi connectivity index (χ4n) is 2.75. The molecule has 0 aliphatic carbocycles. The van der Waals surface area contributed by atoms with E-state index in [-0.39, 0.29) is 18.2 Å². The van der Waals surface area contributed by atoms with Crippen LogP contribution >= 0.6 is 0 Å². The third kappa shape index (κ3) is 2.23. The number of rotatable bonds is 2. The molecule has 1 N–H and O–H groups in total. The van der Waals surface area contributed by atoms with E-state index in [0.29, 0.717) is 18.5 Å². The molecule has 0 aromatic carbocycles. The number of ether oxygens (including phenoxy) is 1. The van der Waals surface area contributed by atoms with E-state index in [1.807, 2.05) is 0 Å². The number of carbonyl (C=O) groups excluding carboxylic acids is 1. The Hall–Kier alpha value is -0.610. The van der Waals surface area contributed by atoms with E-state index >= 15 is 0 Å². The van der Waals surface area contributed by atoms with Gasteiger partial charge in [-0.05, 0) is 25.7 Å². The third-order valence-electron chi connectivity index (χ3n) is 3.53. The molecule has 0 aromatic heterocycles. The minimum absolute atomic E-state index is 0.211. The van der Waals surface area contributed by atoms with Crippen molar-refractivity contribution in [2.45, 2.75) is 51.9 Å². The number of nitrogens with zero attached hydrogens (tertiary/aromatic N) is 1. The molecule has 0 radical (unpaired) electrons.